The summed E-state index contributed by atoms with van der Waals surface area (Å²) in [4.78, 5) is 0. The van der Waals surface area contributed by atoms with E-state index >= 15 is 0 Å². The van der Waals surface area contributed by atoms with Gasteiger partial charge in [0, 0.05) is 13.7 Å². The van der Waals surface area contributed by atoms with E-state index in [1.54, 1.807) is 7.11 Å². The van der Waals surface area contributed by atoms with Crippen molar-refractivity contribution in [3.05, 3.63) is 66.2 Å². The van der Waals surface area contributed by atoms with Crippen LogP contribution in [0.2, 0.25) is 0 Å². The summed E-state index contributed by atoms with van der Waals surface area (Å²) in [5, 5.41) is 0. The molecule has 0 saturated heterocycles. The molecule has 0 radical (unpaired) electrons. The first-order chi connectivity index (χ1) is 12.7. The second-order valence-corrected chi connectivity index (χ2v) is 6.26. The van der Waals surface area contributed by atoms with Crippen molar-refractivity contribution in [2.45, 2.75) is 45.2 Å². The van der Waals surface area contributed by atoms with E-state index < -0.39 is 0 Å². The number of hydrogen-bond acceptors (Lipinski definition) is 4. The van der Waals surface area contributed by atoms with Crippen molar-refractivity contribution in [2.75, 3.05) is 20.3 Å². The normalized spacial score (nSPS) is 14.6. The Bertz CT molecular complexity index is 588. The molecule has 3 atom stereocenters. The van der Waals surface area contributed by atoms with E-state index in [1.807, 2.05) is 55.5 Å². The molecule has 26 heavy (non-hydrogen) atoms. The van der Waals surface area contributed by atoms with Gasteiger partial charge in [-0.15, -0.1) is 0 Å². The van der Waals surface area contributed by atoms with Gasteiger partial charge < -0.3 is 18.9 Å². The Hall–Kier alpha value is -1.88. The highest BCUT2D eigenvalue weighted by Crippen LogP contribution is 2.19. The zero-order chi connectivity index (χ0) is 18.6. The lowest BCUT2D eigenvalue weighted by Gasteiger charge is -2.32. The van der Waals surface area contributed by atoms with Gasteiger partial charge in [-0.3, -0.25) is 0 Å². The number of benzene rings is 2. The molecule has 0 fully saturated rings. The Labute approximate surface area is 157 Å². The van der Waals surface area contributed by atoms with E-state index in [0.29, 0.717) is 19.8 Å². The third-order valence-electron chi connectivity index (χ3n) is 4.07. The van der Waals surface area contributed by atoms with Crippen molar-refractivity contribution >= 4 is 0 Å². The molecule has 2 aromatic rings. The van der Waals surface area contributed by atoms with Crippen LogP contribution in [-0.4, -0.2) is 38.6 Å². The molecule has 2 rings (SSSR count). The molecule has 0 aliphatic rings. The highest BCUT2D eigenvalue weighted by Gasteiger charge is 2.30. The van der Waals surface area contributed by atoms with Crippen LogP contribution in [0.1, 0.15) is 25.8 Å². The fourth-order valence-electron chi connectivity index (χ4n) is 2.70. The van der Waals surface area contributed by atoms with Crippen LogP contribution in [0.15, 0.2) is 60.7 Å². The fourth-order valence-corrected chi connectivity index (χ4v) is 2.70. The minimum Gasteiger partial charge on any atom is -0.485 e. The van der Waals surface area contributed by atoms with Crippen LogP contribution >= 0.6 is 0 Å². The average Bonchev–Trinajstić information content (AvgIpc) is 2.69. The van der Waals surface area contributed by atoms with Gasteiger partial charge in [0.2, 0.25) is 0 Å². The zero-order valence-electron chi connectivity index (χ0n) is 16.0. The van der Waals surface area contributed by atoms with E-state index in [4.69, 9.17) is 18.9 Å². The third kappa shape index (κ3) is 6.79. The number of hydrogen-bond donors (Lipinski definition) is 0. The fraction of sp³-hybridized carbons (Fsp3) is 0.455. The Morgan fingerprint density at radius 2 is 1.54 bits per heavy atom. The summed E-state index contributed by atoms with van der Waals surface area (Å²) in [6.45, 7) is 5.76. The predicted molar refractivity (Wildman–Crippen MR) is 103 cm³/mol. The molecule has 0 spiro atoms. The van der Waals surface area contributed by atoms with Crippen molar-refractivity contribution in [2.24, 2.45) is 0 Å². The smallest absolute Gasteiger partial charge is 0.153 e. The van der Waals surface area contributed by atoms with Crippen LogP contribution in [0.5, 0.6) is 5.75 Å². The Morgan fingerprint density at radius 3 is 2.15 bits per heavy atom. The molecule has 0 saturated carbocycles. The third-order valence-corrected chi connectivity index (χ3v) is 4.07. The summed E-state index contributed by atoms with van der Waals surface area (Å²) in [5.74, 6) is 0.800. The monoisotopic (exact) mass is 358 g/mol. The summed E-state index contributed by atoms with van der Waals surface area (Å²) in [6.07, 6.45) is 0.309. The first kappa shape index (κ1) is 20.4. The summed E-state index contributed by atoms with van der Waals surface area (Å²) < 4.78 is 23.7. The van der Waals surface area contributed by atoms with Gasteiger partial charge in [0.15, 0.2) is 6.10 Å². The minimum atomic E-state index is -0.271. The van der Waals surface area contributed by atoms with E-state index in [1.165, 1.54) is 0 Å². The van der Waals surface area contributed by atoms with Crippen LogP contribution in [0, 0.1) is 0 Å². The minimum absolute atomic E-state index is 0.160. The Kier molecular flexibility index (Phi) is 9.18. The van der Waals surface area contributed by atoms with Gasteiger partial charge in [0.25, 0.3) is 0 Å². The molecule has 4 nitrogen and oxygen atoms in total. The highest BCUT2D eigenvalue weighted by molar-refractivity contribution is 5.21. The summed E-state index contributed by atoms with van der Waals surface area (Å²) in [7, 11) is 1.68. The molecule has 142 valence electrons. The molecule has 0 amide bonds. The topological polar surface area (TPSA) is 36.9 Å². The second kappa shape index (κ2) is 11.7. The van der Waals surface area contributed by atoms with E-state index in [-0.39, 0.29) is 18.3 Å². The molecule has 4 heteroatoms. The van der Waals surface area contributed by atoms with Gasteiger partial charge in [-0.05, 0) is 31.0 Å². The van der Waals surface area contributed by atoms with Gasteiger partial charge in [-0.1, -0.05) is 55.5 Å². The molecule has 0 aliphatic carbocycles. The molecule has 0 heterocycles. The van der Waals surface area contributed by atoms with Crippen LogP contribution in [0.3, 0.4) is 0 Å². The number of rotatable bonds is 12. The molecule has 0 unspecified atom stereocenters. The molecule has 0 aliphatic heterocycles. The van der Waals surface area contributed by atoms with Crippen LogP contribution in [0.25, 0.3) is 0 Å². The van der Waals surface area contributed by atoms with Gasteiger partial charge in [0.05, 0.1) is 19.3 Å². The molecule has 0 aromatic heterocycles. The zero-order valence-corrected chi connectivity index (χ0v) is 16.0. The lowest BCUT2D eigenvalue weighted by Crippen LogP contribution is -2.46. The lowest BCUT2D eigenvalue weighted by atomic mass is 10.1. The predicted octanol–water partition coefficient (Wildman–Crippen LogP) is 4.48. The molecule has 2 aromatic carbocycles. The van der Waals surface area contributed by atoms with Crippen molar-refractivity contribution < 1.29 is 18.9 Å². The number of methoxy groups -OCH3 is 1. The molecule has 0 bridgehead atoms. The largest absolute Gasteiger partial charge is 0.485 e. The maximum atomic E-state index is 6.25. The summed E-state index contributed by atoms with van der Waals surface area (Å²) in [6, 6.07) is 19.9. The summed E-state index contributed by atoms with van der Waals surface area (Å²) >= 11 is 0. The van der Waals surface area contributed by atoms with E-state index in [0.717, 1.165) is 17.7 Å². The van der Waals surface area contributed by atoms with E-state index in [2.05, 4.69) is 19.1 Å². The summed E-state index contributed by atoms with van der Waals surface area (Å²) in [5.41, 5.74) is 1.13. The van der Waals surface area contributed by atoms with Crippen molar-refractivity contribution in [1.29, 1.82) is 0 Å². The van der Waals surface area contributed by atoms with Gasteiger partial charge in [0.1, 0.15) is 11.9 Å². The van der Waals surface area contributed by atoms with Crippen LogP contribution < -0.4 is 4.74 Å². The number of ether oxygens (including phenoxy) is 4. The van der Waals surface area contributed by atoms with Gasteiger partial charge in [-0.25, -0.2) is 0 Å². The van der Waals surface area contributed by atoms with Crippen molar-refractivity contribution in [3.63, 3.8) is 0 Å². The highest BCUT2D eigenvalue weighted by atomic mass is 16.6. The Morgan fingerprint density at radius 1 is 0.885 bits per heavy atom. The molecular formula is C22H30O4. The standard InChI is InChI=1S/C22H30O4/c1-4-15-24-21(17-23-3)22(26-20-13-9-6-10-14-20)18(2)25-16-19-11-7-5-8-12-19/h5-14,18,21-22H,4,15-17H2,1-3H3/t18-,21-,22-/m0/s1. The maximum Gasteiger partial charge on any atom is 0.153 e. The Balaban J connectivity index is 2.08. The number of para-hydroxylation sites is 1. The van der Waals surface area contributed by atoms with Crippen LogP contribution in [-0.2, 0) is 20.8 Å². The lowest BCUT2D eigenvalue weighted by molar-refractivity contribution is -0.116. The van der Waals surface area contributed by atoms with Gasteiger partial charge >= 0.3 is 0 Å². The quantitative estimate of drug-likeness (QED) is 0.560. The second-order valence-electron chi connectivity index (χ2n) is 6.26. The van der Waals surface area contributed by atoms with Crippen LogP contribution in [0.4, 0.5) is 0 Å². The molecule has 0 N–H and O–H groups in total. The maximum absolute atomic E-state index is 6.25. The van der Waals surface area contributed by atoms with Crippen molar-refractivity contribution in [1.82, 2.24) is 0 Å². The SMILES string of the molecule is CCCO[C@@H](COC)[C@@H](Oc1ccccc1)[C@H](C)OCc1ccccc1. The molecular weight excluding hydrogens is 328 g/mol. The van der Waals surface area contributed by atoms with E-state index in [9.17, 15) is 0 Å². The van der Waals surface area contributed by atoms with Gasteiger partial charge in [-0.2, -0.15) is 0 Å². The first-order valence-electron chi connectivity index (χ1n) is 9.22. The average molecular weight is 358 g/mol. The first-order valence-corrected chi connectivity index (χ1v) is 9.22. The van der Waals surface area contributed by atoms with Crippen molar-refractivity contribution in [3.8, 4) is 5.75 Å².